The molecule has 1 aromatic rings. The van der Waals surface area contributed by atoms with Gasteiger partial charge in [-0.25, -0.2) is 0 Å². The summed E-state index contributed by atoms with van der Waals surface area (Å²) in [5.74, 6) is 3.96. The number of aromatic hydroxyl groups is 1. The first kappa shape index (κ1) is 15.9. The molecule has 2 fully saturated rings. The maximum atomic E-state index is 9.71. The SMILES string of the molecule is CC.CC1CCC2C3CCc4cc(O)ccc4C3CCC12C. The Morgan fingerprint density at radius 3 is 2.64 bits per heavy atom. The van der Waals surface area contributed by atoms with E-state index in [4.69, 9.17) is 0 Å². The summed E-state index contributed by atoms with van der Waals surface area (Å²) in [6.07, 6.45) is 8.17. The zero-order valence-electron chi connectivity index (χ0n) is 14.7. The van der Waals surface area contributed by atoms with Crippen molar-refractivity contribution < 1.29 is 5.11 Å². The van der Waals surface area contributed by atoms with E-state index in [-0.39, 0.29) is 0 Å². The molecule has 0 amide bonds. The van der Waals surface area contributed by atoms with Crippen LogP contribution in [-0.2, 0) is 6.42 Å². The first-order valence-electron chi connectivity index (χ1n) is 9.41. The fraction of sp³-hybridized carbons (Fsp3) is 0.714. The van der Waals surface area contributed by atoms with E-state index >= 15 is 0 Å². The minimum Gasteiger partial charge on any atom is -0.508 e. The third-order valence-electron chi connectivity index (χ3n) is 7.18. The first-order valence-corrected chi connectivity index (χ1v) is 9.41. The number of hydrogen-bond donors (Lipinski definition) is 1. The molecule has 5 atom stereocenters. The monoisotopic (exact) mass is 300 g/mol. The molecule has 5 unspecified atom stereocenters. The third-order valence-corrected chi connectivity index (χ3v) is 7.18. The second kappa shape index (κ2) is 5.91. The Morgan fingerprint density at radius 2 is 1.86 bits per heavy atom. The van der Waals surface area contributed by atoms with Crippen LogP contribution in [0.15, 0.2) is 18.2 Å². The van der Waals surface area contributed by atoms with Crippen LogP contribution in [0, 0.1) is 23.2 Å². The molecule has 0 heterocycles. The van der Waals surface area contributed by atoms with Gasteiger partial charge in [0.25, 0.3) is 0 Å². The van der Waals surface area contributed by atoms with Gasteiger partial charge >= 0.3 is 0 Å². The number of phenols is 1. The van der Waals surface area contributed by atoms with E-state index in [1.54, 1.807) is 5.56 Å². The van der Waals surface area contributed by atoms with Gasteiger partial charge in [-0.3, -0.25) is 0 Å². The van der Waals surface area contributed by atoms with Gasteiger partial charge in [-0.15, -0.1) is 0 Å². The highest BCUT2D eigenvalue weighted by molar-refractivity contribution is 5.40. The molecule has 0 aliphatic heterocycles. The van der Waals surface area contributed by atoms with E-state index in [9.17, 15) is 5.11 Å². The lowest BCUT2D eigenvalue weighted by atomic mass is 9.54. The normalized spacial score (nSPS) is 39.1. The maximum Gasteiger partial charge on any atom is 0.115 e. The second-order valence-electron chi connectivity index (χ2n) is 7.82. The molecule has 1 nitrogen and oxygen atoms in total. The van der Waals surface area contributed by atoms with Crippen LogP contribution < -0.4 is 0 Å². The van der Waals surface area contributed by atoms with Crippen LogP contribution in [-0.4, -0.2) is 5.11 Å². The van der Waals surface area contributed by atoms with E-state index in [0.717, 1.165) is 23.7 Å². The van der Waals surface area contributed by atoms with Crippen LogP contribution in [0.2, 0.25) is 0 Å². The largest absolute Gasteiger partial charge is 0.508 e. The van der Waals surface area contributed by atoms with Crippen molar-refractivity contribution >= 4 is 0 Å². The van der Waals surface area contributed by atoms with Gasteiger partial charge in [0.1, 0.15) is 5.75 Å². The number of hydrogen-bond acceptors (Lipinski definition) is 1. The number of rotatable bonds is 0. The van der Waals surface area contributed by atoms with Crippen molar-refractivity contribution in [2.75, 3.05) is 0 Å². The zero-order chi connectivity index (χ0) is 15.9. The van der Waals surface area contributed by atoms with Gasteiger partial charge < -0.3 is 5.11 Å². The minimum absolute atomic E-state index is 0.442. The molecule has 0 aromatic heterocycles. The Labute approximate surface area is 136 Å². The first-order chi connectivity index (χ1) is 10.6. The van der Waals surface area contributed by atoms with Crippen molar-refractivity contribution in [3.8, 4) is 5.75 Å². The van der Waals surface area contributed by atoms with Crippen LogP contribution in [0.4, 0.5) is 0 Å². The molecule has 1 aromatic carbocycles. The summed E-state index contributed by atoms with van der Waals surface area (Å²) in [4.78, 5) is 0. The average Bonchev–Trinajstić information content (AvgIpc) is 2.84. The molecule has 0 saturated heterocycles. The molecule has 0 radical (unpaired) electrons. The molecule has 122 valence electrons. The number of phenolic OH excluding ortho intramolecular Hbond substituents is 1. The minimum atomic E-state index is 0.442. The highest BCUT2D eigenvalue weighted by Gasteiger charge is 2.53. The van der Waals surface area contributed by atoms with Gasteiger partial charge in [0.15, 0.2) is 0 Å². The molecule has 3 aliphatic rings. The lowest BCUT2D eigenvalue weighted by Crippen LogP contribution is -2.41. The molecule has 0 bridgehead atoms. The van der Waals surface area contributed by atoms with Gasteiger partial charge in [-0.2, -0.15) is 0 Å². The quantitative estimate of drug-likeness (QED) is 0.631. The topological polar surface area (TPSA) is 20.2 Å². The van der Waals surface area contributed by atoms with E-state index < -0.39 is 0 Å². The molecule has 2 saturated carbocycles. The molecule has 0 spiro atoms. The Morgan fingerprint density at radius 1 is 1.09 bits per heavy atom. The second-order valence-corrected chi connectivity index (χ2v) is 7.82. The van der Waals surface area contributed by atoms with Crippen LogP contribution >= 0.6 is 0 Å². The summed E-state index contributed by atoms with van der Waals surface area (Å²) in [7, 11) is 0. The molecule has 3 aliphatic carbocycles. The lowest BCUT2D eigenvalue weighted by Gasteiger charge is -2.50. The highest BCUT2D eigenvalue weighted by Crippen LogP contribution is 2.62. The maximum absolute atomic E-state index is 9.71. The van der Waals surface area contributed by atoms with Crippen LogP contribution in [0.5, 0.6) is 5.75 Å². The van der Waals surface area contributed by atoms with Crippen LogP contribution in [0.25, 0.3) is 0 Å². The lowest BCUT2D eigenvalue weighted by molar-refractivity contribution is 0.0336. The summed E-state index contributed by atoms with van der Waals surface area (Å²) in [5.41, 5.74) is 3.58. The Balaban J connectivity index is 0.000000693. The van der Waals surface area contributed by atoms with Crippen molar-refractivity contribution in [2.24, 2.45) is 23.2 Å². The number of benzene rings is 1. The fourth-order valence-electron chi connectivity index (χ4n) is 5.83. The van der Waals surface area contributed by atoms with Gasteiger partial charge in [-0.1, -0.05) is 33.8 Å². The average molecular weight is 300 g/mol. The van der Waals surface area contributed by atoms with Crippen LogP contribution in [0.1, 0.15) is 76.8 Å². The van der Waals surface area contributed by atoms with Crippen molar-refractivity contribution in [3.05, 3.63) is 29.3 Å². The van der Waals surface area contributed by atoms with Crippen molar-refractivity contribution in [2.45, 2.75) is 72.1 Å². The van der Waals surface area contributed by atoms with Crippen LogP contribution in [0.3, 0.4) is 0 Å². The summed E-state index contributed by atoms with van der Waals surface area (Å²) >= 11 is 0. The molecular weight excluding hydrogens is 268 g/mol. The summed E-state index contributed by atoms with van der Waals surface area (Å²) in [6, 6.07) is 6.12. The fourth-order valence-corrected chi connectivity index (χ4v) is 5.83. The van der Waals surface area contributed by atoms with E-state index in [0.29, 0.717) is 11.2 Å². The molecule has 22 heavy (non-hydrogen) atoms. The Hall–Kier alpha value is -0.980. The molecule has 1 N–H and O–H groups in total. The van der Waals surface area contributed by atoms with E-state index in [2.05, 4.69) is 19.9 Å². The summed E-state index contributed by atoms with van der Waals surface area (Å²) in [5, 5.41) is 9.71. The Kier molecular flexibility index (Phi) is 4.27. The van der Waals surface area contributed by atoms with Gasteiger partial charge in [0.2, 0.25) is 0 Å². The summed E-state index contributed by atoms with van der Waals surface area (Å²) in [6.45, 7) is 9.05. The van der Waals surface area contributed by atoms with Crippen molar-refractivity contribution in [1.29, 1.82) is 0 Å². The highest BCUT2D eigenvalue weighted by atomic mass is 16.3. The predicted octanol–water partition coefficient (Wildman–Crippen LogP) is 5.91. The molecule has 4 rings (SSSR count). The zero-order valence-corrected chi connectivity index (χ0v) is 14.7. The third kappa shape index (κ3) is 2.28. The van der Waals surface area contributed by atoms with E-state index in [1.165, 1.54) is 44.1 Å². The van der Waals surface area contributed by atoms with Crippen molar-refractivity contribution in [1.82, 2.24) is 0 Å². The van der Waals surface area contributed by atoms with Crippen molar-refractivity contribution in [3.63, 3.8) is 0 Å². The smallest absolute Gasteiger partial charge is 0.115 e. The summed E-state index contributed by atoms with van der Waals surface area (Å²) < 4.78 is 0. The number of aryl methyl sites for hydroxylation is 1. The number of fused-ring (bicyclic) bond motifs is 5. The molecular formula is C21H32O. The van der Waals surface area contributed by atoms with Gasteiger partial charge in [-0.05, 0) is 90.9 Å². The predicted molar refractivity (Wildman–Crippen MR) is 93.2 cm³/mol. The Bertz CT molecular complexity index is 535. The van der Waals surface area contributed by atoms with Gasteiger partial charge in [0.05, 0.1) is 0 Å². The van der Waals surface area contributed by atoms with E-state index in [1.807, 2.05) is 26.0 Å². The standard InChI is InChI=1S/C19H26O.C2H6/c1-12-3-8-18-17-6-4-13-11-14(20)5-7-15(13)16(17)9-10-19(12,18)2;1-2/h5,7,11-12,16-18,20H,3-4,6,8-10H2,1-2H3;1-2H3. The van der Waals surface area contributed by atoms with Gasteiger partial charge in [0, 0.05) is 0 Å². The molecule has 1 heteroatoms.